The minimum atomic E-state index is -3.58. The minimum absolute atomic E-state index is 0.0844. The van der Waals surface area contributed by atoms with Gasteiger partial charge in [-0.2, -0.15) is 5.10 Å². The third-order valence-corrected chi connectivity index (χ3v) is 8.05. The Hall–Kier alpha value is -2.66. The van der Waals surface area contributed by atoms with Crippen LogP contribution in [0.15, 0.2) is 65.6 Å². The van der Waals surface area contributed by atoms with Crippen molar-refractivity contribution < 1.29 is 23.4 Å². The van der Waals surface area contributed by atoms with Crippen LogP contribution in [0.5, 0.6) is 0 Å². The Labute approximate surface area is 188 Å². The van der Waals surface area contributed by atoms with E-state index in [1.807, 2.05) is 30.3 Å². The number of aromatic nitrogens is 2. The summed E-state index contributed by atoms with van der Waals surface area (Å²) in [7, 11) is -3.58. The average molecular weight is 482 g/mol. The van der Waals surface area contributed by atoms with Gasteiger partial charge in [-0.1, -0.05) is 55.4 Å². The quantitative estimate of drug-likeness (QED) is 0.478. The van der Waals surface area contributed by atoms with Crippen molar-refractivity contribution in [3.8, 4) is 5.00 Å². The van der Waals surface area contributed by atoms with Gasteiger partial charge in [0.05, 0.1) is 6.20 Å². The summed E-state index contributed by atoms with van der Waals surface area (Å²) in [6, 6.07) is 13.2. The number of hydrogen-bond donors (Lipinski definition) is 3. The van der Waals surface area contributed by atoms with Crippen LogP contribution in [0.2, 0.25) is 0 Å². The van der Waals surface area contributed by atoms with Crippen molar-refractivity contribution in [3.05, 3.63) is 72.6 Å². The zero-order valence-corrected chi connectivity index (χ0v) is 18.7. The monoisotopic (exact) mass is 481 g/mol. The first kappa shape index (κ1) is 23.0. The molecule has 1 aliphatic carbocycles. The lowest BCUT2D eigenvalue weighted by Crippen LogP contribution is -2.27. The van der Waals surface area contributed by atoms with Gasteiger partial charge in [0.2, 0.25) is 10.0 Å². The molecule has 3 atom stereocenters. The topological polar surface area (TPSA) is 122 Å². The number of hydrogen-bond acceptors (Lipinski definition) is 5. The molecule has 164 valence electrons. The molecule has 2 heterocycles. The lowest BCUT2D eigenvalue weighted by atomic mass is 10.1. The number of halogens is 1. The Kier molecular flexibility index (Phi) is 6.85. The number of sulfonamides is 1. The first-order chi connectivity index (χ1) is 14.6. The Morgan fingerprint density at radius 3 is 2.45 bits per heavy atom. The van der Waals surface area contributed by atoms with Gasteiger partial charge in [0, 0.05) is 28.8 Å². The van der Waals surface area contributed by atoms with E-state index in [2.05, 4.69) is 23.3 Å². The summed E-state index contributed by atoms with van der Waals surface area (Å²) in [6.45, 7) is 5.73. The van der Waals surface area contributed by atoms with E-state index in [1.165, 1.54) is 0 Å². The van der Waals surface area contributed by atoms with Crippen LogP contribution >= 0.6 is 22.9 Å². The van der Waals surface area contributed by atoms with Crippen molar-refractivity contribution >= 4 is 44.1 Å². The zero-order chi connectivity index (χ0) is 22.8. The number of carboxylic acid groups (broad SMARTS) is 2. The van der Waals surface area contributed by atoms with Crippen LogP contribution in [0.4, 0.5) is 4.79 Å². The number of nitrogens with zero attached hydrogens (tertiary/aromatic N) is 2. The molecule has 4 rings (SSSR count). The van der Waals surface area contributed by atoms with E-state index >= 15 is 0 Å². The molecule has 0 bridgehead atoms. The lowest BCUT2D eigenvalue weighted by molar-refractivity contribution is 0.137. The van der Waals surface area contributed by atoms with Gasteiger partial charge >= 0.3 is 6.16 Å². The van der Waals surface area contributed by atoms with Gasteiger partial charge in [-0.05, 0) is 23.6 Å². The fourth-order valence-corrected chi connectivity index (χ4v) is 5.92. The van der Waals surface area contributed by atoms with E-state index in [9.17, 15) is 8.42 Å². The molecule has 3 N–H and O–H groups in total. The first-order valence-electron chi connectivity index (χ1n) is 9.09. The minimum Gasteiger partial charge on any atom is -0.450 e. The number of rotatable bonds is 6. The van der Waals surface area contributed by atoms with Gasteiger partial charge in [0.25, 0.3) is 0 Å². The molecular weight excluding hydrogens is 462 g/mol. The van der Waals surface area contributed by atoms with Gasteiger partial charge in [-0.25, -0.2) is 22.6 Å². The summed E-state index contributed by atoms with van der Waals surface area (Å²) in [5, 5.41) is 19.2. The highest BCUT2D eigenvalue weighted by Gasteiger charge is 2.49. The van der Waals surface area contributed by atoms with E-state index in [0.29, 0.717) is 15.6 Å². The van der Waals surface area contributed by atoms with Crippen LogP contribution in [0, 0.1) is 5.92 Å². The van der Waals surface area contributed by atoms with Crippen LogP contribution in [-0.4, -0.2) is 40.6 Å². The Morgan fingerprint density at radius 1 is 1.23 bits per heavy atom. The largest absolute Gasteiger partial charge is 0.503 e. The van der Waals surface area contributed by atoms with Crippen molar-refractivity contribution in [1.82, 2.24) is 14.5 Å². The van der Waals surface area contributed by atoms with Crippen molar-refractivity contribution in [2.75, 3.05) is 0 Å². The molecule has 0 unspecified atom stereocenters. The number of thiophene rings is 1. The Balaban J connectivity index is 0.000000628. The van der Waals surface area contributed by atoms with E-state index in [1.54, 1.807) is 29.2 Å². The summed E-state index contributed by atoms with van der Waals surface area (Å²) in [6.07, 6.45) is 1.48. The molecule has 31 heavy (non-hydrogen) atoms. The Bertz CT molecular complexity index is 1190. The number of nitrogens with one attached hydrogen (secondary N) is 1. The number of carbonyl (C=O) groups is 1. The maximum atomic E-state index is 12.8. The molecule has 1 fully saturated rings. The maximum absolute atomic E-state index is 12.8. The van der Waals surface area contributed by atoms with Gasteiger partial charge in [0.15, 0.2) is 0 Å². The second-order valence-corrected chi connectivity index (χ2v) is 10.4. The van der Waals surface area contributed by atoms with Crippen LogP contribution < -0.4 is 4.72 Å². The maximum Gasteiger partial charge on any atom is 0.503 e. The molecule has 1 saturated carbocycles. The molecule has 2 aromatic heterocycles. The third kappa shape index (κ3) is 5.53. The normalized spacial score (nSPS) is 19.9. The molecule has 3 aromatic rings. The summed E-state index contributed by atoms with van der Waals surface area (Å²) < 4.78 is 30.3. The van der Waals surface area contributed by atoms with Gasteiger partial charge < -0.3 is 10.2 Å². The predicted octanol–water partition coefficient (Wildman–Crippen LogP) is 4.45. The fourth-order valence-electron chi connectivity index (χ4n) is 3.23. The second kappa shape index (κ2) is 9.23. The molecule has 1 aliphatic rings. The summed E-state index contributed by atoms with van der Waals surface area (Å²) in [4.78, 5) is 8.56. The molecule has 8 nitrogen and oxygen atoms in total. The van der Waals surface area contributed by atoms with E-state index in [0.717, 1.165) is 16.9 Å². The molecule has 0 spiro atoms. The third-order valence-electron chi connectivity index (χ3n) is 4.81. The average Bonchev–Trinajstić information content (AvgIpc) is 3.15. The number of benzene rings is 1. The van der Waals surface area contributed by atoms with E-state index < -0.39 is 16.2 Å². The van der Waals surface area contributed by atoms with E-state index in [4.69, 9.17) is 26.6 Å². The highest BCUT2D eigenvalue weighted by Crippen LogP contribution is 2.48. The summed E-state index contributed by atoms with van der Waals surface area (Å²) in [5.74, 6) is 0.480. The second-order valence-electron chi connectivity index (χ2n) is 6.90. The molecular formula is C20H20ClN3O5S2. The molecule has 0 saturated heterocycles. The van der Waals surface area contributed by atoms with Crippen LogP contribution in [0.3, 0.4) is 0 Å². The summed E-state index contributed by atoms with van der Waals surface area (Å²) in [5.41, 5.74) is 1.86. The van der Waals surface area contributed by atoms with Crippen LogP contribution in [0.1, 0.15) is 24.0 Å². The van der Waals surface area contributed by atoms with Crippen molar-refractivity contribution in [3.63, 3.8) is 0 Å². The fraction of sp³-hybridized carbons (Fsp3) is 0.200. The highest BCUT2D eigenvalue weighted by atomic mass is 35.5. The molecule has 0 aliphatic heterocycles. The van der Waals surface area contributed by atoms with E-state index in [-0.39, 0.29) is 22.1 Å². The van der Waals surface area contributed by atoms with Crippen LogP contribution in [0.25, 0.3) is 10.0 Å². The molecule has 0 amide bonds. The standard InChI is InChI=1S/C19H18ClN3O2S2.CH2O3/c1-12-18(14-6-4-3-5-7-14)19(12)22-27(24,25)17-9-8-16(26-17)23-11-15(10-21-23)13(2)20;2-1(3)4/h3-12,18-19,22H,2H2,1H3;(H2,2,3,4)/t12-,18-,19+;/m1./s1. The molecule has 0 radical (unpaired) electrons. The van der Waals surface area contributed by atoms with Gasteiger partial charge in [-0.3, -0.25) is 0 Å². The SMILES string of the molecule is C=C(Cl)c1cnn(-c2ccc(S(=O)(=O)N[C@H]3[C@H](C)[C@@H]3c3ccccc3)s2)c1.O=C(O)O. The molecule has 11 heteroatoms. The zero-order valence-electron chi connectivity index (χ0n) is 16.3. The summed E-state index contributed by atoms with van der Waals surface area (Å²) >= 11 is 7.04. The highest BCUT2D eigenvalue weighted by molar-refractivity contribution is 7.91. The van der Waals surface area contributed by atoms with Crippen molar-refractivity contribution in [1.29, 1.82) is 0 Å². The van der Waals surface area contributed by atoms with Crippen LogP contribution in [-0.2, 0) is 10.0 Å². The smallest absolute Gasteiger partial charge is 0.450 e. The van der Waals surface area contributed by atoms with Crippen molar-refractivity contribution in [2.24, 2.45) is 5.92 Å². The predicted molar refractivity (Wildman–Crippen MR) is 119 cm³/mol. The van der Waals surface area contributed by atoms with Crippen molar-refractivity contribution in [2.45, 2.75) is 23.1 Å². The first-order valence-corrected chi connectivity index (χ1v) is 11.8. The molecule has 1 aromatic carbocycles. The van der Waals surface area contributed by atoms with Gasteiger partial charge in [0.1, 0.15) is 9.21 Å². The Morgan fingerprint density at radius 2 is 1.87 bits per heavy atom. The van der Waals surface area contributed by atoms with Gasteiger partial charge in [-0.15, -0.1) is 11.3 Å². The lowest BCUT2D eigenvalue weighted by Gasteiger charge is -2.04.